The molecule has 24 heavy (non-hydrogen) atoms. The lowest BCUT2D eigenvalue weighted by Crippen LogP contribution is -2.30. The molecular formula is C18H24FN5. The minimum atomic E-state index is -0.875. The lowest BCUT2D eigenvalue weighted by Gasteiger charge is -2.18. The number of nitrogens with one attached hydrogen (secondary N) is 2. The maximum Gasteiger partial charge on any atom is 0.164 e. The highest BCUT2D eigenvalue weighted by molar-refractivity contribution is 5.94. The van der Waals surface area contributed by atoms with Crippen LogP contribution in [0.25, 0.3) is 11.0 Å². The zero-order valence-electron chi connectivity index (χ0n) is 14.5. The summed E-state index contributed by atoms with van der Waals surface area (Å²) in [5.74, 6) is 0.694. The third-order valence-corrected chi connectivity index (χ3v) is 5.29. The van der Waals surface area contributed by atoms with E-state index < -0.39 is 6.17 Å². The van der Waals surface area contributed by atoms with Gasteiger partial charge >= 0.3 is 0 Å². The Kier molecular flexibility index (Phi) is 3.79. The number of fused-ring (bicyclic) bond motifs is 2. The number of aryl methyl sites for hydroxylation is 2. The number of hydrogen-bond donors (Lipinski definition) is 2. The fraction of sp³-hybridized carbons (Fsp3) is 0.556. The predicted molar refractivity (Wildman–Crippen MR) is 95.7 cm³/mol. The number of likely N-dealkylation sites (N-methyl/N-ethyl adjacent to an activating group) is 1. The minimum Gasteiger partial charge on any atom is -0.387 e. The van der Waals surface area contributed by atoms with E-state index >= 15 is 0 Å². The Morgan fingerprint density at radius 1 is 1.25 bits per heavy atom. The molecule has 0 bridgehead atoms. The molecule has 0 radical (unpaired) electrons. The summed E-state index contributed by atoms with van der Waals surface area (Å²) in [6.45, 7) is 3.31. The Bertz CT molecular complexity index is 791. The van der Waals surface area contributed by atoms with Gasteiger partial charge in [-0.25, -0.2) is 14.4 Å². The summed E-state index contributed by atoms with van der Waals surface area (Å²) in [6.07, 6.45) is 2.42. The number of anilines is 2. The van der Waals surface area contributed by atoms with E-state index in [4.69, 9.17) is 9.97 Å². The van der Waals surface area contributed by atoms with Crippen LogP contribution in [0.3, 0.4) is 0 Å². The van der Waals surface area contributed by atoms with Crippen LogP contribution in [0, 0.1) is 6.92 Å². The summed E-state index contributed by atoms with van der Waals surface area (Å²) in [4.78, 5) is 11.5. The molecule has 1 fully saturated rings. The Labute approximate surface area is 141 Å². The van der Waals surface area contributed by atoms with Crippen molar-refractivity contribution in [2.75, 3.05) is 37.8 Å². The first-order chi connectivity index (χ1) is 11.6. The van der Waals surface area contributed by atoms with E-state index in [0.717, 1.165) is 36.0 Å². The fourth-order valence-electron chi connectivity index (χ4n) is 4.06. The average Bonchev–Trinajstić information content (AvgIpc) is 3.13. The molecule has 0 aromatic carbocycles. The van der Waals surface area contributed by atoms with E-state index in [1.54, 1.807) is 0 Å². The standard InChI is InChI=1S/C18H24FN5/c1-10-11-5-4-6-13(11)22-18-17(10)14(20-2)7-16(23-18)21-15-9-24(3)8-12(15)19/h7,12,15H,4-6,8-9H2,1-3H3,(H2,20,21,22,23). The number of rotatable bonds is 3. The molecule has 2 unspecified atom stereocenters. The van der Waals surface area contributed by atoms with Gasteiger partial charge in [0.05, 0.1) is 6.04 Å². The van der Waals surface area contributed by atoms with Gasteiger partial charge in [-0.15, -0.1) is 0 Å². The smallest absolute Gasteiger partial charge is 0.164 e. The topological polar surface area (TPSA) is 53.1 Å². The molecule has 1 aliphatic carbocycles. The quantitative estimate of drug-likeness (QED) is 0.906. The van der Waals surface area contributed by atoms with Crippen molar-refractivity contribution < 1.29 is 4.39 Å². The summed E-state index contributed by atoms with van der Waals surface area (Å²) in [6, 6.07) is 1.75. The van der Waals surface area contributed by atoms with Gasteiger partial charge in [0, 0.05) is 43.0 Å². The molecule has 1 aliphatic heterocycles. The second-order valence-corrected chi connectivity index (χ2v) is 7.01. The average molecular weight is 329 g/mol. The Morgan fingerprint density at radius 2 is 2.08 bits per heavy atom. The molecule has 0 spiro atoms. The summed E-state index contributed by atoms with van der Waals surface area (Å²) < 4.78 is 14.1. The molecule has 3 heterocycles. The van der Waals surface area contributed by atoms with E-state index in [0.29, 0.717) is 18.9 Å². The molecule has 0 amide bonds. The largest absolute Gasteiger partial charge is 0.387 e. The molecule has 0 saturated carbocycles. The molecule has 4 rings (SSSR count). The van der Waals surface area contributed by atoms with Crippen LogP contribution in [0.2, 0.25) is 0 Å². The Hall–Kier alpha value is -1.95. The van der Waals surface area contributed by atoms with Crippen LogP contribution in [-0.4, -0.2) is 54.3 Å². The number of halogens is 1. The van der Waals surface area contributed by atoms with Crippen molar-refractivity contribution >= 4 is 22.5 Å². The molecule has 1 saturated heterocycles. The first kappa shape index (κ1) is 15.6. The monoisotopic (exact) mass is 329 g/mol. The number of likely N-dealkylation sites (tertiary alicyclic amines) is 1. The van der Waals surface area contributed by atoms with Gasteiger partial charge in [0.25, 0.3) is 0 Å². The molecule has 2 aromatic rings. The molecule has 2 aliphatic rings. The van der Waals surface area contributed by atoms with Gasteiger partial charge in [0.15, 0.2) is 5.65 Å². The van der Waals surface area contributed by atoms with Gasteiger partial charge in [-0.3, -0.25) is 0 Å². The first-order valence-electron chi connectivity index (χ1n) is 8.67. The highest BCUT2D eigenvalue weighted by Gasteiger charge is 2.31. The number of aromatic nitrogens is 2. The summed E-state index contributed by atoms with van der Waals surface area (Å²) in [5, 5.41) is 7.62. The SMILES string of the molecule is CNc1cc(NC2CN(C)CC2F)nc2nc3c(c(C)c12)CCC3. The Morgan fingerprint density at radius 3 is 2.79 bits per heavy atom. The zero-order chi connectivity index (χ0) is 16.8. The molecule has 2 atom stereocenters. The summed E-state index contributed by atoms with van der Waals surface area (Å²) in [5.41, 5.74) is 5.59. The van der Waals surface area contributed by atoms with Gasteiger partial charge in [0.2, 0.25) is 0 Å². The summed E-state index contributed by atoms with van der Waals surface area (Å²) >= 11 is 0. The second kappa shape index (κ2) is 5.84. The summed E-state index contributed by atoms with van der Waals surface area (Å²) in [7, 11) is 3.85. The van der Waals surface area contributed by atoms with E-state index in [1.807, 2.05) is 25.1 Å². The van der Waals surface area contributed by atoms with Gasteiger partial charge in [-0.1, -0.05) is 0 Å². The van der Waals surface area contributed by atoms with Gasteiger partial charge in [-0.2, -0.15) is 0 Å². The Balaban J connectivity index is 1.77. The van der Waals surface area contributed by atoms with E-state index in [2.05, 4.69) is 17.6 Å². The van der Waals surface area contributed by atoms with Crippen molar-refractivity contribution in [2.24, 2.45) is 0 Å². The van der Waals surface area contributed by atoms with Crippen LogP contribution in [-0.2, 0) is 12.8 Å². The number of nitrogens with zero attached hydrogens (tertiary/aromatic N) is 3. The third-order valence-electron chi connectivity index (χ3n) is 5.29. The zero-order valence-corrected chi connectivity index (χ0v) is 14.5. The van der Waals surface area contributed by atoms with Gasteiger partial charge in [-0.05, 0) is 44.4 Å². The molecule has 6 heteroatoms. The number of pyridine rings is 2. The van der Waals surface area contributed by atoms with Crippen LogP contribution < -0.4 is 10.6 Å². The van der Waals surface area contributed by atoms with Gasteiger partial charge in [0.1, 0.15) is 12.0 Å². The predicted octanol–water partition coefficient (Wildman–Crippen LogP) is 2.53. The number of hydrogen-bond acceptors (Lipinski definition) is 5. The van der Waals surface area contributed by atoms with Crippen molar-refractivity contribution in [3.05, 3.63) is 22.9 Å². The van der Waals surface area contributed by atoms with Crippen LogP contribution in [0.15, 0.2) is 6.07 Å². The van der Waals surface area contributed by atoms with Crippen molar-refractivity contribution in [3.63, 3.8) is 0 Å². The third kappa shape index (κ3) is 2.49. The van der Waals surface area contributed by atoms with Crippen molar-refractivity contribution in [2.45, 2.75) is 38.4 Å². The second-order valence-electron chi connectivity index (χ2n) is 7.01. The van der Waals surface area contributed by atoms with E-state index in [-0.39, 0.29) is 6.04 Å². The molecule has 5 nitrogen and oxygen atoms in total. The minimum absolute atomic E-state index is 0.222. The van der Waals surface area contributed by atoms with Crippen LogP contribution in [0.4, 0.5) is 15.9 Å². The molecule has 2 aromatic heterocycles. The number of alkyl halides is 1. The van der Waals surface area contributed by atoms with Crippen LogP contribution in [0.5, 0.6) is 0 Å². The van der Waals surface area contributed by atoms with Crippen molar-refractivity contribution in [3.8, 4) is 0 Å². The fourth-order valence-corrected chi connectivity index (χ4v) is 4.06. The molecular weight excluding hydrogens is 305 g/mol. The molecule has 2 N–H and O–H groups in total. The highest BCUT2D eigenvalue weighted by Crippen LogP contribution is 2.34. The van der Waals surface area contributed by atoms with E-state index in [9.17, 15) is 4.39 Å². The van der Waals surface area contributed by atoms with Crippen LogP contribution in [0.1, 0.15) is 23.2 Å². The maximum atomic E-state index is 14.1. The van der Waals surface area contributed by atoms with Crippen molar-refractivity contribution in [1.29, 1.82) is 0 Å². The van der Waals surface area contributed by atoms with E-state index in [1.165, 1.54) is 16.8 Å². The normalized spacial score (nSPS) is 23.7. The van der Waals surface area contributed by atoms with Crippen LogP contribution >= 0.6 is 0 Å². The molecule has 128 valence electrons. The maximum absolute atomic E-state index is 14.1. The first-order valence-corrected chi connectivity index (χ1v) is 8.67. The van der Waals surface area contributed by atoms with Gasteiger partial charge < -0.3 is 15.5 Å². The highest BCUT2D eigenvalue weighted by atomic mass is 19.1. The lowest BCUT2D eigenvalue weighted by molar-refractivity contribution is 0.314. The lowest BCUT2D eigenvalue weighted by atomic mass is 10.0. The van der Waals surface area contributed by atoms with Crippen molar-refractivity contribution in [1.82, 2.24) is 14.9 Å².